The van der Waals surface area contributed by atoms with Crippen molar-refractivity contribution in [2.24, 2.45) is 5.73 Å². The number of carbonyl (C=O) groups excluding carboxylic acids is 5. The summed E-state index contributed by atoms with van der Waals surface area (Å²) in [5, 5.41) is 11.8. The number of piperidine rings is 1. The number of aliphatic carboxylic acids is 1. The number of carboxylic acids is 1. The number of nitrogens with one attached hydrogen (secondary N) is 1. The second-order valence-corrected chi connectivity index (χ2v) is 11.3. The van der Waals surface area contributed by atoms with Gasteiger partial charge in [0.15, 0.2) is 0 Å². The molecule has 3 saturated heterocycles. The highest BCUT2D eigenvalue weighted by molar-refractivity contribution is 6.05. The van der Waals surface area contributed by atoms with Gasteiger partial charge in [-0.2, -0.15) is 0 Å². The third-order valence-corrected chi connectivity index (χ3v) is 8.56. The van der Waals surface area contributed by atoms with Gasteiger partial charge in [0, 0.05) is 50.0 Å². The minimum absolute atomic E-state index is 0.0879. The predicted molar refractivity (Wildman–Crippen MR) is 148 cm³/mol. The van der Waals surface area contributed by atoms with Crippen molar-refractivity contribution in [2.75, 3.05) is 13.1 Å². The molecule has 0 spiro atoms. The molecule has 5 amide bonds. The smallest absolute Gasteiger partial charge is 0.326 e. The summed E-state index contributed by atoms with van der Waals surface area (Å²) in [5.41, 5.74) is 8.09. The van der Waals surface area contributed by atoms with Crippen molar-refractivity contribution in [2.45, 2.75) is 88.5 Å². The first-order chi connectivity index (χ1) is 20.2. The van der Waals surface area contributed by atoms with Crippen LogP contribution in [0, 0.1) is 11.8 Å². The number of imide groups is 1. The Hall–Kier alpha value is -4.24. The maximum atomic E-state index is 13.0. The molecule has 0 saturated carbocycles. The number of nitrogens with zero attached hydrogens (tertiary/aromatic N) is 3. The Bertz CT molecular complexity index is 1380. The average molecular weight is 578 g/mol. The lowest BCUT2D eigenvalue weighted by molar-refractivity contribution is -0.149. The monoisotopic (exact) mass is 577 g/mol. The fourth-order valence-corrected chi connectivity index (χ4v) is 6.36. The number of benzene rings is 1. The van der Waals surface area contributed by atoms with Gasteiger partial charge >= 0.3 is 5.97 Å². The first kappa shape index (κ1) is 29.3. The van der Waals surface area contributed by atoms with Gasteiger partial charge in [0.25, 0.3) is 5.91 Å². The molecular formula is C30H35N5O7. The van der Waals surface area contributed by atoms with Crippen molar-refractivity contribution < 1.29 is 33.9 Å². The number of fused-ring (bicyclic) bond motifs is 2. The van der Waals surface area contributed by atoms with E-state index < -0.39 is 35.9 Å². The van der Waals surface area contributed by atoms with Crippen LogP contribution in [0.5, 0.6) is 0 Å². The van der Waals surface area contributed by atoms with Crippen molar-refractivity contribution >= 4 is 35.5 Å². The van der Waals surface area contributed by atoms with Gasteiger partial charge in [-0.05, 0) is 49.8 Å². The molecule has 42 heavy (non-hydrogen) atoms. The van der Waals surface area contributed by atoms with Crippen molar-refractivity contribution in [1.82, 2.24) is 20.0 Å². The highest BCUT2D eigenvalue weighted by Gasteiger charge is 2.46. The minimum Gasteiger partial charge on any atom is -0.480 e. The third kappa shape index (κ3) is 5.87. The predicted octanol–water partition coefficient (Wildman–Crippen LogP) is 0.363. The molecule has 1 aromatic carbocycles. The van der Waals surface area contributed by atoms with Gasteiger partial charge in [0.2, 0.25) is 23.6 Å². The van der Waals surface area contributed by atoms with Crippen LogP contribution in [0.4, 0.5) is 0 Å². The Labute approximate surface area is 243 Å². The summed E-state index contributed by atoms with van der Waals surface area (Å²) in [6.07, 6.45) is 4.55. The summed E-state index contributed by atoms with van der Waals surface area (Å²) >= 11 is 0. The van der Waals surface area contributed by atoms with Crippen molar-refractivity contribution in [3.63, 3.8) is 0 Å². The van der Waals surface area contributed by atoms with E-state index in [9.17, 15) is 33.9 Å². The fraction of sp³-hybridized carbons (Fsp3) is 0.533. The number of carbonyl (C=O) groups is 6. The summed E-state index contributed by atoms with van der Waals surface area (Å²) in [7, 11) is 0. The molecule has 4 N–H and O–H groups in total. The average Bonchev–Trinajstić information content (AvgIpc) is 3.49. The van der Waals surface area contributed by atoms with Gasteiger partial charge in [0.1, 0.15) is 18.1 Å². The van der Waals surface area contributed by atoms with E-state index in [1.807, 2.05) is 6.07 Å². The molecule has 4 aliphatic rings. The molecule has 12 heteroatoms. The zero-order valence-electron chi connectivity index (χ0n) is 23.3. The lowest BCUT2D eigenvalue weighted by atomic mass is 10.0. The first-order valence-electron chi connectivity index (χ1n) is 14.5. The normalized spacial score (nSPS) is 25.4. The SMILES string of the molecule is N[C@H]1CN(C(=O)CCCCCC#Cc2cccc3c2CN(C2CCC(=O)NC2=O)C3=O)C[C@H]2CC[C@@H](C(=O)O)N2C1=O. The molecule has 1 aromatic rings. The van der Waals surface area contributed by atoms with Crippen molar-refractivity contribution in [3.8, 4) is 11.8 Å². The van der Waals surface area contributed by atoms with Crippen LogP contribution < -0.4 is 11.1 Å². The van der Waals surface area contributed by atoms with Gasteiger partial charge in [-0.3, -0.25) is 29.3 Å². The van der Waals surface area contributed by atoms with Crippen LogP contribution in [0.3, 0.4) is 0 Å². The van der Waals surface area contributed by atoms with Gasteiger partial charge in [-0.25, -0.2) is 4.79 Å². The zero-order valence-corrected chi connectivity index (χ0v) is 23.3. The number of hydrogen-bond donors (Lipinski definition) is 3. The molecular weight excluding hydrogens is 542 g/mol. The number of carboxylic acid groups (broad SMARTS) is 1. The Balaban J connectivity index is 1.09. The van der Waals surface area contributed by atoms with E-state index in [2.05, 4.69) is 17.2 Å². The van der Waals surface area contributed by atoms with Crippen LogP contribution in [-0.2, 0) is 30.5 Å². The second kappa shape index (κ2) is 12.3. The number of unbranched alkanes of at least 4 members (excludes halogenated alkanes) is 3. The zero-order chi connectivity index (χ0) is 30.0. The standard InChI is InChI=1S/C30H35N5O7/c31-22-17-33(15-19-11-12-24(30(41)42)35(19)29(22)40)26(37)10-5-3-1-2-4-7-18-8-6-9-20-21(18)16-34(28(20)39)23-13-14-25(36)32-27(23)38/h6,8-9,19,22-24H,1-3,5,10-17,31H2,(H,41,42)(H,32,36,38)/t19-,22+,23?,24+/m1/s1. The molecule has 5 rings (SSSR count). The van der Waals surface area contributed by atoms with Crippen molar-refractivity contribution in [1.29, 1.82) is 0 Å². The Morgan fingerprint density at radius 3 is 2.62 bits per heavy atom. The van der Waals surface area contributed by atoms with E-state index in [0.717, 1.165) is 24.0 Å². The molecule has 4 heterocycles. The molecule has 0 radical (unpaired) electrons. The molecule has 1 unspecified atom stereocenters. The highest BCUT2D eigenvalue weighted by Crippen LogP contribution is 2.30. The molecule has 12 nitrogen and oxygen atoms in total. The van der Waals surface area contributed by atoms with Crippen LogP contribution in [0.2, 0.25) is 0 Å². The van der Waals surface area contributed by atoms with Crippen LogP contribution in [0.25, 0.3) is 0 Å². The van der Waals surface area contributed by atoms with Crippen LogP contribution in [-0.4, -0.2) is 92.6 Å². The molecule has 0 aromatic heterocycles. The Morgan fingerprint density at radius 2 is 1.86 bits per heavy atom. The molecule has 3 fully saturated rings. The van der Waals surface area contributed by atoms with Gasteiger partial charge in [-0.1, -0.05) is 24.3 Å². The molecule has 222 valence electrons. The summed E-state index contributed by atoms with van der Waals surface area (Å²) in [5.74, 6) is 3.78. The van der Waals surface area contributed by atoms with Crippen molar-refractivity contribution in [3.05, 3.63) is 34.9 Å². The van der Waals surface area contributed by atoms with Gasteiger partial charge < -0.3 is 25.5 Å². The maximum absolute atomic E-state index is 13.0. The minimum atomic E-state index is -1.04. The summed E-state index contributed by atoms with van der Waals surface area (Å²) in [6, 6.07) is 2.55. The molecule has 0 aliphatic carbocycles. The van der Waals surface area contributed by atoms with E-state index in [1.54, 1.807) is 17.0 Å². The van der Waals surface area contributed by atoms with Crippen LogP contribution in [0.1, 0.15) is 79.3 Å². The van der Waals surface area contributed by atoms with Crippen LogP contribution in [0.15, 0.2) is 18.2 Å². The quantitative estimate of drug-likeness (QED) is 0.237. The summed E-state index contributed by atoms with van der Waals surface area (Å²) in [4.78, 5) is 78.4. The lowest BCUT2D eigenvalue weighted by Gasteiger charge is -2.29. The van der Waals surface area contributed by atoms with E-state index in [4.69, 9.17) is 5.73 Å². The van der Waals surface area contributed by atoms with E-state index in [-0.39, 0.29) is 43.3 Å². The number of hydrogen-bond acceptors (Lipinski definition) is 7. The third-order valence-electron chi connectivity index (χ3n) is 8.56. The van der Waals surface area contributed by atoms with E-state index in [1.165, 1.54) is 9.80 Å². The summed E-state index contributed by atoms with van der Waals surface area (Å²) < 4.78 is 0. The maximum Gasteiger partial charge on any atom is 0.326 e. The molecule has 4 atom stereocenters. The number of rotatable bonds is 7. The fourth-order valence-electron chi connectivity index (χ4n) is 6.36. The molecule has 4 aliphatic heterocycles. The van der Waals surface area contributed by atoms with Crippen LogP contribution >= 0.6 is 0 Å². The Morgan fingerprint density at radius 1 is 1.05 bits per heavy atom. The van der Waals surface area contributed by atoms with Gasteiger partial charge in [-0.15, -0.1) is 0 Å². The number of amides is 5. The number of nitrogens with two attached hydrogens (primary N) is 1. The summed E-state index contributed by atoms with van der Waals surface area (Å²) in [6.45, 7) is 0.667. The largest absolute Gasteiger partial charge is 0.480 e. The first-order valence-corrected chi connectivity index (χ1v) is 14.5. The molecule has 0 bridgehead atoms. The second-order valence-electron chi connectivity index (χ2n) is 11.3. The lowest BCUT2D eigenvalue weighted by Crippen LogP contribution is -2.52. The Kier molecular flexibility index (Phi) is 8.59. The van der Waals surface area contributed by atoms with Gasteiger partial charge in [0.05, 0.1) is 6.04 Å². The van der Waals surface area contributed by atoms with E-state index >= 15 is 0 Å². The van der Waals surface area contributed by atoms with E-state index in [0.29, 0.717) is 50.6 Å². The topological polar surface area (TPSA) is 170 Å². The highest BCUT2D eigenvalue weighted by atomic mass is 16.4.